The van der Waals surface area contributed by atoms with Gasteiger partial charge in [0.25, 0.3) is 0 Å². The zero-order valence-electron chi connectivity index (χ0n) is 21.6. The Morgan fingerprint density at radius 3 is 1.57 bits per heavy atom. The number of hydrogen-bond acceptors (Lipinski definition) is 4. The summed E-state index contributed by atoms with van der Waals surface area (Å²) in [5.74, 6) is 0. The van der Waals surface area contributed by atoms with E-state index in [1.165, 1.54) is 0 Å². The molecule has 0 saturated carbocycles. The monoisotopic (exact) mass is 512 g/mol. The van der Waals surface area contributed by atoms with Gasteiger partial charge in [0.05, 0.1) is 28.3 Å². The first-order valence-electron chi connectivity index (χ1n) is 13.2. The highest BCUT2D eigenvalue weighted by Crippen LogP contribution is 2.54. The summed E-state index contributed by atoms with van der Waals surface area (Å²) in [4.78, 5) is 8.89. The molecule has 0 aliphatic carbocycles. The Morgan fingerprint density at radius 2 is 0.975 bits per heavy atom. The summed E-state index contributed by atoms with van der Waals surface area (Å²) >= 11 is 0. The second-order valence-electron chi connectivity index (χ2n) is 9.69. The minimum Gasteiger partial charge on any atom is -0.306 e. The van der Waals surface area contributed by atoms with Crippen LogP contribution in [-0.4, -0.2) is 4.98 Å². The van der Waals surface area contributed by atoms with Crippen molar-refractivity contribution < 1.29 is 0 Å². The third kappa shape index (κ3) is 4.07. The van der Waals surface area contributed by atoms with E-state index in [4.69, 9.17) is 0 Å². The minimum atomic E-state index is 0.558. The van der Waals surface area contributed by atoms with Gasteiger partial charge in [-0.25, -0.2) is 0 Å². The van der Waals surface area contributed by atoms with Crippen molar-refractivity contribution in [1.29, 1.82) is 5.26 Å². The Kier molecular flexibility index (Phi) is 5.81. The van der Waals surface area contributed by atoms with Gasteiger partial charge < -0.3 is 9.80 Å². The maximum Gasteiger partial charge on any atom is 0.101 e. The van der Waals surface area contributed by atoms with Gasteiger partial charge in [0.1, 0.15) is 6.07 Å². The number of pyridine rings is 1. The summed E-state index contributed by atoms with van der Waals surface area (Å²) in [5, 5.41) is 9.23. The molecule has 0 N–H and O–H groups in total. The molecule has 5 aromatic carbocycles. The summed E-state index contributed by atoms with van der Waals surface area (Å²) < 4.78 is 0. The van der Waals surface area contributed by atoms with Crippen molar-refractivity contribution in [3.63, 3.8) is 0 Å². The lowest BCUT2D eigenvalue weighted by molar-refractivity contribution is 1.17. The van der Waals surface area contributed by atoms with E-state index in [1.54, 1.807) is 12.4 Å². The fraction of sp³-hybridized carbons (Fsp3) is 0. The maximum absolute atomic E-state index is 9.23. The fourth-order valence-corrected chi connectivity index (χ4v) is 5.42. The normalized spacial score (nSPS) is 11.9. The third-order valence-electron chi connectivity index (χ3n) is 7.26. The zero-order chi connectivity index (χ0) is 26.9. The lowest BCUT2D eigenvalue weighted by Crippen LogP contribution is -2.23. The van der Waals surface area contributed by atoms with Crippen LogP contribution in [0.1, 0.15) is 5.56 Å². The molecule has 40 heavy (non-hydrogen) atoms. The average Bonchev–Trinajstić information content (AvgIpc) is 3.04. The van der Waals surface area contributed by atoms with Crippen molar-refractivity contribution in [2.24, 2.45) is 0 Å². The highest BCUT2D eigenvalue weighted by atomic mass is 15.3. The summed E-state index contributed by atoms with van der Waals surface area (Å²) in [6, 6.07) is 48.8. The number of fused-ring (bicyclic) bond motifs is 2. The van der Waals surface area contributed by atoms with Crippen LogP contribution in [0.4, 0.5) is 34.1 Å². The van der Waals surface area contributed by atoms with Gasteiger partial charge in [0, 0.05) is 29.3 Å². The first-order valence-corrected chi connectivity index (χ1v) is 13.2. The van der Waals surface area contributed by atoms with Gasteiger partial charge in [-0.1, -0.05) is 78.9 Å². The molecule has 0 unspecified atom stereocenters. The summed E-state index contributed by atoms with van der Waals surface area (Å²) in [7, 11) is 0. The van der Waals surface area contributed by atoms with Crippen LogP contribution in [-0.2, 0) is 0 Å². The molecule has 1 aliphatic heterocycles. The molecule has 0 saturated heterocycles. The summed E-state index contributed by atoms with van der Waals surface area (Å²) in [6.45, 7) is 0. The Labute approximate surface area is 233 Å². The highest BCUT2D eigenvalue weighted by molar-refractivity contribution is 6.01. The fourth-order valence-electron chi connectivity index (χ4n) is 5.42. The van der Waals surface area contributed by atoms with Gasteiger partial charge in [0.2, 0.25) is 0 Å². The molecule has 0 bridgehead atoms. The number of para-hydroxylation sites is 5. The standard InChI is InChI=1S/C36H24N4/c37-23-26-21-30(25-38-24-26)28-19-17-27(18-20-28)29-9-8-12-32(22-29)40-35-15-6-4-13-33(35)39(31-10-2-1-3-11-31)34-14-5-7-16-36(34)40/h1-22,24-25H. The molecule has 0 amide bonds. The molecule has 4 heteroatoms. The van der Waals surface area contributed by atoms with Gasteiger partial charge >= 0.3 is 0 Å². The molecule has 1 aliphatic rings. The molecular weight excluding hydrogens is 488 g/mol. The topological polar surface area (TPSA) is 43.2 Å². The number of hydrogen-bond donors (Lipinski definition) is 0. The molecule has 1 aromatic heterocycles. The summed E-state index contributed by atoms with van der Waals surface area (Å²) in [6.07, 6.45) is 3.37. The van der Waals surface area contributed by atoms with Gasteiger partial charge in [-0.15, -0.1) is 0 Å². The van der Waals surface area contributed by atoms with Gasteiger partial charge in [-0.05, 0) is 71.3 Å². The van der Waals surface area contributed by atoms with Crippen LogP contribution in [0.2, 0.25) is 0 Å². The van der Waals surface area contributed by atoms with E-state index < -0.39 is 0 Å². The summed E-state index contributed by atoms with van der Waals surface area (Å²) in [5.41, 5.74) is 11.5. The molecule has 188 valence electrons. The molecule has 2 heterocycles. The second kappa shape index (κ2) is 9.90. The molecule has 7 rings (SSSR count). The molecule has 6 aromatic rings. The molecule has 0 fully saturated rings. The van der Waals surface area contributed by atoms with Crippen molar-refractivity contribution in [1.82, 2.24) is 4.98 Å². The molecule has 0 spiro atoms. The smallest absolute Gasteiger partial charge is 0.101 e. The van der Waals surface area contributed by atoms with E-state index >= 15 is 0 Å². The number of anilines is 6. The number of aromatic nitrogens is 1. The van der Waals surface area contributed by atoms with E-state index in [1.807, 2.05) is 6.07 Å². The lowest BCUT2D eigenvalue weighted by Gasteiger charge is -2.40. The predicted octanol–water partition coefficient (Wildman–Crippen LogP) is 9.54. The average molecular weight is 513 g/mol. The van der Waals surface area contributed by atoms with Crippen LogP contribution in [0, 0.1) is 11.3 Å². The van der Waals surface area contributed by atoms with E-state index in [-0.39, 0.29) is 0 Å². The maximum atomic E-state index is 9.23. The Bertz CT molecular complexity index is 1820. The van der Waals surface area contributed by atoms with E-state index in [0.29, 0.717) is 5.56 Å². The largest absolute Gasteiger partial charge is 0.306 e. The van der Waals surface area contributed by atoms with Crippen LogP contribution in [0.25, 0.3) is 22.3 Å². The Morgan fingerprint density at radius 1 is 0.450 bits per heavy atom. The highest BCUT2D eigenvalue weighted by Gasteiger charge is 2.29. The van der Waals surface area contributed by atoms with Gasteiger partial charge in [-0.3, -0.25) is 4.98 Å². The number of nitrogens with zero attached hydrogens (tertiary/aromatic N) is 4. The lowest BCUT2D eigenvalue weighted by atomic mass is 9.99. The third-order valence-corrected chi connectivity index (χ3v) is 7.26. The molecule has 4 nitrogen and oxygen atoms in total. The number of nitriles is 1. The SMILES string of the molecule is N#Cc1cncc(-c2ccc(-c3cccc(N4c5ccccc5N(c5ccccc5)c5ccccc54)c3)cc2)c1. The van der Waals surface area contributed by atoms with Crippen molar-refractivity contribution in [3.05, 3.63) is 151 Å². The number of rotatable bonds is 4. The van der Waals surface area contributed by atoms with Crippen LogP contribution in [0.3, 0.4) is 0 Å². The van der Waals surface area contributed by atoms with Gasteiger partial charge in [-0.2, -0.15) is 5.26 Å². The predicted molar refractivity (Wildman–Crippen MR) is 163 cm³/mol. The van der Waals surface area contributed by atoms with Crippen molar-refractivity contribution >= 4 is 34.1 Å². The quantitative estimate of drug-likeness (QED) is 0.235. The Balaban J connectivity index is 1.30. The van der Waals surface area contributed by atoms with Crippen LogP contribution in [0.15, 0.2) is 146 Å². The molecule has 0 atom stereocenters. The second-order valence-corrected chi connectivity index (χ2v) is 9.69. The zero-order valence-corrected chi connectivity index (χ0v) is 21.6. The minimum absolute atomic E-state index is 0.558. The first-order chi connectivity index (χ1) is 19.8. The van der Waals surface area contributed by atoms with Crippen molar-refractivity contribution in [2.75, 3.05) is 9.80 Å². The van der Waals surface area contributed by atoms with E-state index in [2.05, 4.69) is 148 Å². The van der Waals surface area contributed by atoms with Gasteiger partial charge in [0.15, 0.2) is 0 Å². The number of benzene rings is 5. The van der Waals surface area contributed by atoms with E-state index in [0.717, 1.165) is 56.4 Å². The van der Waals surface area contributed by atoms with Crippen LogP contribution in [0.5, 0.6) is 0 Å². The van der Waals surface area contributed by atoms with E-state index in [9.17, 15) is 5.26 Å². The van der Waals surface area contributed by atoms with Crippen molar-refractivity contribution in [3.8, 4) is 28.3 Å². The van der Waals surface area contributed by atoms with Crippen LogP contribution >= 0.6 is 0 Å². The van der Waals surface area contributed by atoms with Crippen molar-refractivity contribution in [2.45, 2.75) is 0 Å². The first kappa shape index (κ1) is 23.5. The molecule has 0 radical (unpaired) electrons. The Hall–Kier alpha value is -5.66. The molecular formula is C36H24N4. The van der Waals surface area contributed by atoms with Crippen LogP contribution < -0.4 is 9.80 Å².